The van der Waals surface area contributed by atoms with E-state index >= 15 is 0 Å². The fraction of sp³-hybridized carbons (Fsp3) is 0.929. The molecule has 0 bridgehead atoms. The number of unbranched alkanes of at least 4 members (excludes halogenated alkanes) is 3. The van der Waals surface area contributed by atoms with Crippen LogP contribution in [-0.2, 0) is 4.79 Å². The second-order valence-corrected chi connectivity index (χ2v) is 5.43. The molecule has 0 saturated carbocycles. The summed E-state index contributed by atoms with van der Waals surface area (Å²) in [6, 6.07) is -1.26. The van der Waals surface area contributed by atoms with Gasteiger partial charge in [-0.25, -0.2) is 4.39 Å². The molecule has 6 heteroatoms. The lowest BCUT2D eigenvalue weighted by molar-refractivity contribution is -0.122. The van der Waals surface area contributed by atoms with E-state index in [0.717, 1.165) is 25.7 Å². The fourth-order valence-electron chi connectivity index (χ4n) is 2.85. The number of aliphatic hydroxyl groups excluding tert-OH is 2. The number of aliphatic hydroxyl groups is 2. The predicted molar refractivity (Wildman–Crippen MR) is 75.1 cm³/mol. The summed E-state index contributed by atoms with van der Waals surface area (Å²) in [4.78, 5) is 13.3. The molecule has 1 aliphatic rings. The van der Waals surface area contributed by atoms with Gasteiger partial charge in [0.15, 0.2) is 0 Å². The number of rotatable bonds is 8. The van der Waals surface area contributed by atoms with Crippen molar-refractivity contribution in [2.24, 2.45) is 0 Å². The highest BCUT2D eigenvalue weighted by molar-refractivity contribution is 5.76. The number of likely N-dealkylation sites (tertiary alicyclic amines) is 1. The fourth-order valence-corrected chi connectivity index (χ4v) is 2.85. The number of nitrogens with one attached hydrogen (secondary N) is 1. The minimum absolute atomic E-state index is 0.0129. The van der Waals surface area contributed by atoms with Crippen molar-refractivity contribution >= 4 is 5.91 Å². The van der Waals surface area contributed by atoms with E-state index in [1.807, 2.05) is 0 Å². The van der Waals surface area contributed by atoms with Gasteiger partial charge in [0.25, 0.3) is 0 Å². The summed E-state index contributed by atoms with van der Waals surface area (Å²) in [7, 11) is 1.51. The molecule has 0 aromatic heterocycles. The number of carbonyl (C=O) groups is 1. The first-order chi connectivity index (χ1) is 9.56. The molecule has 4 atom stereocenters. The van der Waals surface area contributed by atoms with Crippen LogP contribution < -0.4 is 5.32 Å². The van der Waals surface area contributed by atoms with Crippen LogP contribution in [0.1, 0.15) is 39.0 Å². The van der Waals surface area contributed by atoms with E-state index in [1.54, 1.807) is 4.90 Å². The third-order valence-electron chi connectivity index (χ3n) is 4.07. The van der Waals surface area contributed by atoms with E-state index in [9.17, 15) is 19.4 Å². The van der Waals surface area contributed by atoms with E-state index in [0.29, 0.717) is 6.54 Å². The third-order valence-corrected chi connectivity index (χ3v) is 4.07. The third kappa shape index (κ3) is 4.14. The predicted octanol–water partition coefficient (Wildman–Crippen LogP) is 0.447. The molecule has 0 aliphatic carbocycles. The molecular weight excluding hydrogens is 263 g/mol. The van der Waals surface area contributed by atoms with Crippen LogP contribution in [0.2, 0.25) is 0 Å². The zero-order chi connectivity index (χ0) is 15.1. The van der Waals surface area contributed by atoms with Gasteiger partial charge < -0.3 is 15.5 Å². The molecule has 1 rings (SSSR count). The molecule has 1 amide bonds. The number of halogens is 1. The lowest BCUT2D eigenvalue weighted by atomic mass is 10.1. The molecule has 1 heterocycles. The lowest BCUT2D eigenvalue weighted by Gasteiger charge is -2.28. The second kappa shape index (κ2) is 8.54. The Balaban J connectivity index is 2.67. The monoisotopic (exact) mass is 290 g/mol. The van der Waals surface area contributed by atoms with Gasteiger partial charge in [-0.1, -0.05) is 26.2 Å². The van der Waals surface area contributed by atoms with Crippen molar-refractivity contribution in [1.82, 2.24) is 10.2 Å². The zero-order valence-electron chi connectivity index (χ0n) is 12.4. The van der Waals surface area contributed by atoms with Gasteiger partial charge >= 0.3 is 0 Å². The molecule has 1 saturated heterocycles. The first-order valence-corrected chi connectivity index (χ1v) is 7.46. The second-order valence-electron chi connectivity index (χ2n) is 5.43. The summed E-state index contributed by atoms with van der Waals surface area (Å²) in [6.45, 7) is 2.42. The van der Waals surface area contributed by atoms with Crippen molar-refractivity contribution in [3.05, 3.63) is 0 Å². The largest absolute Gasteiger partial charge is 0.395 e. The van der Waals surface area contributed by atoms with E-state index in [1.165, 1.54) is 7.05 Å². The van der Waals surface area contributed by atoms with Crippen molar-refractivity contribution in [2.75, 3.05) is 20.2 Å². The summed E-state index contributed by atoms with van der Waals surface area (Å²) in [5, 5.41) is 21.7. The van der Waals surface area contributed by atoms with Crippen LogP contribution in [0.4, 0.5) is 4.39 Å². The maximum Gasteiger partial charge on any atom is 0.221 e. The Morgan fingerprint density at radius 3 is 2.55 bits per heavy atom. The molecule has 1 aliphatic heterocycles. The normalized spacial score (nSPS) is 30.6. The smallest absolute Gasteiger partial charge is 0.221 e. The molecule has 0 aromatic rings. The first-order valence-electron chi connectivity index (χ1n) is 7.46. The summed E-state index contributed by atoms with van der Waals surface area (Å²) in [6.07, 6.45) is 1.44. The minimum Gasteiger partial charge on any atom is -0.395 e. The van der Waals surface area contributed by atoms with Crippen molar-refractivity contribution in [1.29, 1.82) is 0 Å². The lowest BCUT2D eigenvalue weighted by Crippen LogP contribution is -2.43. The van der Waals surface area contributed by atoms with Crippen molar-refractivity contribution in [2.45, 2.75) is 63.4 Å². The van der Waals surface area contributed by atoms with Crippen molar-refractivity contribution in [3.63, 3.8) is 0 Å². The number of alkyl halides is 1. The van der Waals surface area contributed by atoms with E-state index in [4.69, 9.17) is 0 Å². The van der Waals surface area contributed by atoms with Gasteiger partial charge in [-0.05, 0) is 13.0 Å². The summed E-state index contributed by atoms with van der Waals surface area (Å²) in [5.74, 6) is -0.248. The minimum atomic E-state index is -1.49. The molecule has 0 spiro atoms. The molecule has 0 aromatic carbocycles. The van der Waals surface area contributed by atoms with Crippen LogP contribution >= 0.6 is 0 Å². The number of carbonyl (C=O) groups excluding carboxylic acids is 1. The molecule has 118 valence electrons. The molecule has 0 unspecified atom stereocenters. The average Bonchev–Trinajstić information content (AvgIpc) is 2.67. The maximum atomic E-state index is 14.2. The Hall–Kier alpha value is -0.720. The number of hydrogen-bond acceptors (Lipinski definition) is 4. The van der Waals surface area contributed by atoms with Crippen LogP contribution in [0.5, 0.6) is 0 Å². The van der Waals surface area contributed by atoms with E-state index in [2.05, 4.69) is 12.2 Å². The van der Waals surface area contributed by atoms with Gasteiger partial charge in [-0.3, -0.25) is 9.69 Å². The molecule has 0 radical (unpaired) electrons. The van der Waals surface area contributed by atoms with Crippen LogP contribution in [0.25, 0.3) is 0 Å². The Kier molecular flexibility index (Phi) is 7.40. The highest BCUT2D eigenvalue weighted by atomic mass is 19.1. The van der Waals surface area contributed by atoms with Crippen LogP contribution in [0, 0.1) is 0 Å². The summed E-state index contributed by atoms with van der Waals surface area (Å²) in [5.41, 5.74) is 0. The van der Waals surface area contributed by atoms with Crippen LogP contribution in [-0.4, -0.2) is 65.6 Å². The average molecular weight is 290 g/mol. The van der Waals surface area contributed by atoms with E-state index < -0.39 is 24.4 Å². The molecule has 1 fully saturated rings. The molecule has 20 heavy (non-hydrogen) atoms. The molecular formula is C14H27FN2O3. The highest BCUT2D eigenvalue weighted by Crippen LogP contribution is 2.30. The van der Waals surface area contributed by atoms with Gasteiger partial charge in [0.2, 0.25) is 5.91 Å². The van der Waals surface area contributed by atoms with Crippen LogP contribution in [0.3, 0.4) is 0 Å². The standard InChI is InChI=1S/C14H27FN2O3/c1-3-4-5-6-7-17-10(8-12(19)16-2)13(15)14(20)11(17)9-18/h10-11,13-14,18,20H,3-9H2,1-2H3,(H,16,19)/t10-,11-,13+,14-/m1/s1. The van der Waals surface area contributed by atoms with Crippen LogP contribution in [0.15, 0.2) is 0 Å². The zero-order valence-corrected chi connectivity index (χ0v) is 12.4. The Morgan fingerprint density at radius 1 is 1.30 bits per heavy atom. The van der Waals surface area contributed by atoms with Gasteiger partial charge in [0, 0.05) is 13.5 Å². The van der Waals surface area contributed by atoms with Gasteiger partial charge in [0.05, 0.1) is 18.7 Å². The van der Waals surface area contributed by atoms with Gasteiger partial charge in [0.1, 0.15) is 12.3 Å². The Bertz CT molecular complexity index is 304. The topological polar surface area (TPSA) is 72.8 Å². The van der Waals surface area contributed by atoms with Crippen molar-refractivity contribution in [3.8, 4) is 0 Å². The van der Waals surface area contributed by atoms with Gasteiger partial charge in [-0.2, -0.15) is 0 Å². The Morgan fingerprint density at radius 2 is 2.00 bits per heavy atom. The molecule has 5 nitrogen and oxygen atoms in total. The quantitative estimate of drug-likeness (QED) is 0.567. The molecule has 3 N–H and O–H groups in total. The first kappa shape index (κ1) is 17.3. The highest BCUT2D eigenvalue weighted by Gasteiger charge is 2.48. The summed E-state index contributed by atoms with van der Waals surface area (Å²) >= 11 is 0. The SMILES string of the molecule is CCCCCCN1[C@H](CO)[C@@H](O)[C@@H](F)[C@H]1CC(=O)NC. The van der Waals surface area contributed by atoms with E-state index in [-0.39, 0.29) is 18.9 Å². The summed E-state index contributed by atoms with van der Waals surface area (Å²) < 4.78 is 14.2. The van der Waals surface area contributed by atoms with Crippen molar-refractivity contribution < 1.29 is 19.4 Å². The number of hydrogen-bond donors (Lipinski definition) is 3. The maximum absolute atomic E-state index is 14.2. The Labute approximate surface area is 120 Å². The number of nitrogens with zero attached hydrogens (tertiary/aromatic N) is 1. The van der Waals surface area contributed by atoms with Gasteiger partial charge in [-0.15, -0.1) is 0 Å². The number of amides is 1.